The van der Waals surface area contributed by atoms with Crippen molar-refractivity contribution in [3.63, 3.8) is 0 Å². The summed E-state index contributed by atoms with van der Waals surface area (Å²) in [6.07, 6.45) is 0.263. The molecule has 0 aliphatic rings. The molecule has 15 heavy (non-hydrogen) atoms. The Bertz CT molecular complexity index is 325. The lowest BCUT2D eigenvalue weighted by molar-refractivity contribution is -0.139. The Hall–Kier alpha value is -0.940. The number of hydrogen-bond donors (Lipinski definition) is 1. The largest absolute Gasteiger partial charge is 0.469 e. The van der Waals surface area contributed by atoms with E-state index in [0.717, 1.165) is 17.2 Å². The van der Waals surface area contributed by atoms with Gasteiger partial charge in [0.2, 0.25) is 0 Å². The molecule has 84 valence electrons. The average molecular weight is 228 g/mol. The first-order valence-electron chi connectivity index (χ1n) is 4.83. The fourth-order valence-electron chi connectivity index (χ4n) is 1.24. The summed E-state index contributed by atoms with van der Waals surface area (Å²) in [5.41, 5.74) is 0.796. The molecule has 0 radical (unpaired) electrons. The first kappa shape index (κ1) is 12.1. The van der Waals surface area contributed by atoms with Crippen LogP contribution in [0.4, 0.5) is 0 Å². The summed E-state index contributed by atoms with van der Waals surface area (Å²) in [6, 6.07) is 0. The maximum Gasteiger partial charge on any atom is 0.311 e. The summed E-state index contributed by atoms with van der Waals surface area (Å²) in [4.78, 5) is 15.4. The second-order valence-corrected chi connectivity index (χ2v) is 4.28. The third-order valence-corrected chi connectivity index (χ3v) is 3.18. The molecule has 1 unspecified atom stereocenters. The van der Waals surface area contributed by atoms with Crippen molar-refractivity contribution in [2.45, 2.75) is 19.3 Å². The van der Waals surface area contributed by atoms with Gasteiger partial charge in [-0.25, -0.2) is 4.98 Å². The van der Waals surface area contributed by atoms with Gasteiger partial charge in [0.15, 0.2) is 0 Å². The van der Waals surface area contributed by atoms with E-state index in [1.807, 2.05) is 12.4 Å². The molecule has 0 spiro atoms. The van der Waals surface area contributed by atoms with Crippen LogP contribution >= 0.6 is 11.3 Å². The smallest absolute Gasteiger partial charge is 0.311 e. The molecule has 1 atom stereocenters. The summed E-state index contributed by atoms with van der Waals surface area (Å²) in [7, 11) is 3.30. The number of esters is 1. The lowest BCUT2D eigenvalue weighted by Gasteiger charge is -2.05. The van der Waals surface area contributed by atoms with Crippen LogP contribution in [0.25, 0.3) is 0 Å². The minimum atomic E-state index is -0.242. The monoisotopic (exact) mass is 228 g/mol. The topological polar surface area (TPSA) is 51.2 Å². The van der Waals surface area contributed by atoms with Crippen molar-refractivity contribution in [1.29, 1.82) is 0 Å². The number of ether oxygens (including phenoxy) is 1. The highest BCUT2D eigenvalue weighted by molar-refractivity contribution is 7.09. The molecule has 0 aromatic carbocycles. The SMILES string of the molecule is CNCC(C)c1nc(CC(=O)OC)cs1. The molecule has 0 amide bonds. The molecule has 0 aliphatic heterocycles. The van der Waals surface area contributed by atoms with Crippen molar-refractivity contribution < 1.29 is 9.53 Å². The molecular weight excluding hydrogens is 212 g/mol. The lowest BCUT2D eigenvalue weighted by Crippen LogP contribution is -2.14. The van der Waals surface area contributed by atoms with Crippen LogP contribution in [0.1, 0.15) is 23.5 Å². The molecule has 0 bridgehead atoms. The molecule has 1 rings (SSSR count). The third-order valence-electron chi connectivity index (χ3n) is 2.05. The maximum absolute atomic E-state index is 11.0. The highest BCUT2D eigenvalue weighted by Gasteiger charge is 2.11. The minimum Gasteiger partial charge on any atom is -0.469 e. The second-order valence-electron chi connectivity index (χ2n) is 3.39. The van der Waals surface area contributed by atoms with Gasteiger partial charge in [-0.15, -0.1) is 11.3 Å². The molecule has 5 heteroatoms. The number of nitrogens with one attached hydrogen (secondary N) is 1. The zero-order valence-electron chi connectivity index (χ0n) is 9.24. The van der Waals surface area contributed by atoms with Crippen molar-refractivity contribution in [2.75, 3.05) is 20.7 Å². The molecule has 0 fully saturated rings. The lowest BCUT2D eigenvalue weighted by atomic mass is 10.2. The number of thiazole rings is 1. The van der Waals surface area contributed by atoms with Crippen LogP contribution in [0, 0.1) is 0 Å². The highest BCUT2D eigenvalue weighted by atomic mass is 32.1. The number of nitrogens with zero attached hydrogens (tertiary/aromatic N) is 1. The van der Waals surface area contributed by atoms with Crippen molar-refractivity contribution in [3.8, 4) is 0 Å². The van der Waals surface area contributed by atoms with E-state index in [-0.39, 0.29) is 12.4 Å². The van der Waals surface area contributed by atoms with Gasteiger partial charge in [0.1, 0.15) is 0 Å². The Kier molecular flexibility index (Phi) is 4.71. The summed E-state index contributed by atoms with van der Waals surface area (Å²) in [5.74, 6) is 0.138. The standard InChI is InChI=1S/C10H16N2O2S/c1-7(5-11-2)10-12-8(6-15-10)4-9(13)14-3/h6-7,11H,4-5H2,1-3H3. The van der Waals surface area contributed by atoms with Gasteiger partial charge in [-0.05, 0) is 7.05 Å². The van der Waals surface area contributed by atoms with Crippen LogP contribution in [0.5, 0.6) is 0 Å². The Morgan fingerprint density at radius 2 is 2.47 bits per heavy atom. The number of likely N-dealkylation sites (N-methyl/N-ethyl adjacent to an activating group) is 1. The van der Waals surface area contributed by atoms with E-state index in [2.05, 4.69) is 22.0 Å². The number of rotatable bonds is 5. The molecular formula is C10H16N2O2S. The van der Waals surface area contributed by atoms with Gasteiger partial charge in [0.25, 0.3) is 0 Å². The Labute approximate surface area is 93.7 Å². The van der Waals surface area contributed by atoms with Crippen LogP contribution in [0.3, 0.4) is 0 Å². The van der Waals surface area contributed by atoms with Crippen LogP contribution < -0.4 is 5.32 Å². The molecule has 1 N–H and O–H groups in total. The second kappa shape index (κ2) is 5.82. The van der Waals surface area contributed by atoms with Crippen LogP contribution in [-0.4, -0.2) is 31.7 Å². The first-order chi connectivity index (χ1) is 7.17. The van der Waals surface area contributed by atoms with Crippen molar-refractivity contribution in [3.05, 3.63) is 16.1 Å². The molecule has 1 heterocycles. The van der Waals surface area contributed by atoms with E-state index >= 15 is 0 Å². The molecule has 0 saturated carbocycles. The molecule has 1 aromatic heterocycles. The number of carbonyl (C=O) groups excluding carboxylic acids is 1. The van der Waals surface area contributed by atoms with Crippen molar-refractivity contribution in [1.82, 2.24) is 10.3 Å². The predicted molar refractivity (Wildman–Crippen MR) is 60.2 cm³/mol. The van der Waals surface area contributed by atoms with Gasteiger partial charge >= 0.3 is 5.97 Å². The van der Waals surface area contributed by atoms with Crippen LogP contribution in [-0.2, 0) is 16.0 Å². The van der Waals surface area contributed by atoms with E-state index < -0.39 is 0 Å². The van der Waals surface area contributed by atoms with Crippen LogP contribution in [0.2, 0.25) is 0 Å². The molecule has 4 nitrogen and oxygen atoms in total. The Morgan fingerprint density at radius 1 is 1.73 bits per heavy atom. The quantitative estimate of drug-likeness (QED) is 0.769. The summed E-state index contributed by atoms with van der Waals surface area (Å²) in [6.45, 7) is 3.00. The third kappa shape index (κ3) is 3.60. The summed E-state index contributed by atoms with van der Waals surface area (Å²) >= 11 is 1.59. The van der Waals surface area contributed by atoms with Gasteiger partial charge in [-0.2, -0.15) is 0 Å². The van der Waals surface area contributed by atoms with Crippen molar-refractivity contribution in [2.24, 2.45) is 0 Å². The normalized spacial score (nSPS) is 12.5. The van der Waals surface area contributed by atoms with Crippen LogP contribution in [0.15, 0.2) is 5.38 Å². The van der Waals surface area contributed by atoms with Gasteiger partial charge in [-0.3, -0.25) is 4.79 Å². The maximum atomic E-state index is 11.0. The minimum absolute atomic E-state index is 0.242. The Morgan fingerprint density at radius 3 is 3.07 bits per heavy atom. The zero-order valence-corrected chi connectivity index (χ0v) is 10.1. The van der Waals surface area contributed by atoms with E-state index in [1.165, 1.54) is 7.11 Å². The molecule has 0 aliphatic carbocycles. The van der Waals surface area contributed by atoms with Gasteiger partial charge in [0.05, 0.1) is 24.2 Å². The van der Waals surface area contributed by atoms with E-state index in [0.29, 0.717) is 5.92 Å². The molecule has 1 aromatic rings. The highest BCUT2D eigenvalue weighted by Crippen LogP contribution is 2.19. The van der Waals surface area contributed by atoms with Gasteiger partial charge in [0, 0.05) is 17.8 Å². The fourth-order valence-corrected chi connectivity index (χ4v) is 2.12. The number of hydrogen-bond acceptors (Lipinski definition) is 5. The number of aromatic nitrogens is 1. The zero-order chi connectivity index (χ0) is 11.3. The van der Waals surface area contributed by atoms with Gasteiger partial charge < -0.3 is 10.1 Å². The van der Waals surface area contributed by atoms with Crippen molar-refractivity contribution >= 4 is 17.3 Å². The number of methoxy groups -OCH3 is 1. The number of carbonyl (C=O) groups is 1. The summed E-state index contributed by atoms with van der Waals surface area (Å²) < 4.78 is 4.58. The first-order valence-corrected chi connectivity index (χ1v) is 5.71. The summed E-state index contributed by atoms with van der Waals surface area (Å²) in [5, 5.41) is 6.08. The van der Waals surface area contributed by atoms with E-state index in [4.69, 9.17) is 0 Å². The molecule has 0 saturated heterocycles. The fraction of sp³-hybridized carbons (Fsp3) is 0.600. The van der Waals surface area contributed by atoms with E-state index in [9.17, 15) is 4.79 Å². The Balaban J connectivity index is 2.59. The predicted octanol–water partition coefficient (Wildman–Crippen LogP) is 1.18. The van der Waals surface area contributed by atoms with Gasteiger partial charge in [-0.1, -0.05) is 6.92 Å². The average Bonchev–Trinajstić information content (AvgIpc) is 2.66. The van der Waals surface area contributed by atoms with E-state index in [1.54, 1.807) is 11.3 Å².